The van der Waals surface area contributed by atoms with Crippen molar-refractivity contribution in [2.75, 3.05) is 31.1 Å². The third-order valence-corrected chi connectivity index (χ3v) is 6.57. The monoisotopic (exact) mass is 496 g/mol. The van der Waals surface area contributed by atoms with Gasteiger partial charge in [0.1, 0.15) is 24.2 Å². The first kappa shape index (κ1) is 24.1. The molecule has 0 N–H and O–H groups in total. The smallest absolute Gasteiger partial charge is 0.229 e. The zero-order chi connectivity index (χ0) is 25.9. The molecule has 4 aromatic rings. The third kappa shape index (κ3) is 4.89. The number of nitrogens with zero attached hydrogens (tertiary/aromatic N) is 8. The molecule has 0 aliphatic carbocycles. The first-order chi connectivity index (χ1) is 18.0. The minimum absolute atomic E-state index is 0.112. The van der Waals surface area contributed by atoms with Gasteiger partial charge in [0.15, 0.2) is 0 Å². The van der Waals surface area contributed by atoms with E-state index in [0.717, 1.165) is 22.6 Å². The van der Waals surface area contributed by atoms with Crippen LogP contribution in [0, 0.1) is 17.2 Å². The summed E-state index contributed by atoms with van der Waals surface area (Å²) in [5.41, 5.74) is 3.65. The van der Waals surface area contributed by atoms with Crippen LogP contribution >= 0.6 is 0 Å². The van der Waals surface area contributed by atoms with Crippen molar-refractivity contribution < 1.29 is 9.53 Å². The number of hydrogen-bond acceptors (Lipinski definition) is 7. The molecule has 1 amide bonds. The van der Waals surface area contributed by atoms with Crippen molar-refractivity contribution in [1.29, 1.82) is 5.26 Å². The predicted octanol–water partition coefficient (Wildman–Crippen LogP) is 3.05. The van der Waals surface area contributed by atoms with E-state index >= 15 is 0 Å². The quantitative estimate of drug-likeness (QED) is 0.362. The highest BCUT2D eigenvalue weighted by molar-refractivity contribution is 5.85. The Hall–Kier alpha value is -4.65. The van der Waals surface area contributed by atoms with Crippen molar-refractivity contribution in [3.8, 4) is 22.9 Å². The first-order valence-corrected chi connectivity index (χ1v) is 12.1. The molecule has 0 aromatic carbocycles. The van der Waals surface area contributed by atoms with Gasteiger partial charge in [-0.25, -0.2) is 14.5 Å². The maximum Gasteiger partial charge on any atom is 0.229 e. The van der Waals surface area contributed by atoms with Crippen molar-refractivity contribution in [2.24, 2.45) is 13.0 Å². The number of pyridine rings is 2. The van der Waals surface area contributed by atoms with Crippen molar-refractivity contribution in [3.05, 3.63) is 73.2 Å². The largest absolute Gasteiger partial charge is 0.486 e. The van der Waals surface area contributed by atoms with Crippen molar-refractivity contribution >= 4 is 17.2 Å². The summed E-state index contributed by atoms with van der Waals surface area (Å²) >= 11 is 0. The Kier molecular flexibility index (Phi) is 6.60. The highest BCUT2D eigenvalue weighted by atomic mass is 16.5. The average molecular weight is 497 g/mol. The summed E-state index contributed by atoms with van der Waals surface area (Å²) in [5.74, 6) is 1.40. The number of rotatable bonds is 7. The van der Waals surface area contributed by atoms with Gasteiger partial charge in [0, 0.05) is 56.7 Å². The second-order valence-electron chi connectivity index (χ2n) is 9.11. The van der Waals surface area contributed by atoms with Crippen LogP contribution in [0.5, 0.6) is 5.75 Å². The highest BCUT2D eigenvalue weighted by Crippen LogP contribution is 2.31. The molecule has 188 valence electrons. The molecule has 1 atom stereocenters. The maximum absolute atomic E-state index is 12.4. The normalized spacial score (nSPS) is 14.4. The lowest BCUT2D eigenvalue weighted by atomic mass is 10.1. The fourth-order valence-corrected chi connectivity index (χ4v) is 4.45. The molecule has 0 saturated carbocycles. The van der Waals surface area contributed by atoms with Gasteiger partial charge < -0.3 is 19.1 Å². The van der Waals surface area contributed by atoms with E-state index in [1.165, 1.54) is 0 Å². The van der Waals surface area contributed by atoms with Crippen LogP contribution in [0.1, 0.15) is 18.2 Å². The zero-order valence-corrected chi connectivity index (χ0v) is 20.9. The van der Waals surface area contributed by atoms with Crippen LogP contribution in [0.15, 0.2) is 62.0 Å². The van der Waals surface area contributed by atoms with Crippen molar-refractivity contribution in [2.45, 2.75) is 13.5 Å². The minimum atomic E-state index is -0.175. The molecule has 10 nitrogen and oxygen atoms in total. The Morgan fingerprint density at radius 3 is 2.68 bits per heavy atom. The second-order valence-corrected chi connectivity index (χ2v) is 9.11. The van der Waals surface area contributed by atoms with Gasteiger partial charge in [0.2, 0.25) is 5.91 Å². The fraction of sp³-hybridized carbons (Fsp3) is 0.296. The number of piperazine rings is 1. The molecule has 0 radical (unpaired) electrons. The molecular formula is C27H28N8O2. The van der Waals surface area contributed by atoms with Gasteiger partial charge in [-0.1, -0.05) is 13.0 Å². The highest BCUT2D eigenvalue weighted by Gasteiger charge is 2.24. The molecule has 37 heavy (non-hydrogen) atoms. The van der Waals surface area contributed by atoms with Crippen LogP contribution in [0.25, 0.3) is 16.6 Å². The van der Waals surface area contributed by atoms with Crippen molar-refractivity contribution in [3.63, 3.8) is 0 Å². The molecule has 0 spiro atoms. The van der Waals surface area contributed by atoms with Crippen LogP contribution < -0.4 is 9.64 Å². The lowest BCUT2D eigenvalue weighted by Crippen LogP contribution is -2.50. The molecule has 1 unspecified atom stereocenters. The predicted molar refractivity (Wildman–Crippen MR) is 139 cm³/mol. The zero-order valence-electron chi connectivity index (χ0n) is 20.9. The molecule has 4 aromatic heterocycles. The molecule has 5 heterocycles. The number of aryl methyl sites for hydroxylation is 1. The first-order valence-electron chi connectivity index (χ1n) is 12.1. The number of amides is 1. The van der Waals surface area contributed by atoms with Crippen LogP contribution in [0.3, 0.4) is 0 Å². The van der Waals surface area contributed by atoms with E-state index in [-0.39, 0.29) is 11.8 Å². The third-order valence-electron chi connectivity index (χ3n) is 6.57. The van der Waals surface area contributed by atoms with Crippen LogP contribution in [-0.2, 0) is 18.4 Å². The van der Waals surface area contributed by atoms with Gasteiger partial charge in [-0.05, 0) is 18.2 Å². The molecule has 10 heteroatoms. The van der Waals surface area contributed by atoms with Gasteiger partial charge in [-0.15, -0.1) is 6.58 Å². The number of aromatic nitrogens is 5. The van der Waals surface area contributed by atoms with E-state index in [2.05, 4.69) is 27.6 Å². The van der Waals surface area contributed by atoms with Gasteiger partial charge in [0.25, 0.3) is 0 Å². The summed E-state index contributed by atoms with van der Waals surface area (Å²) < 4.78 is 9.54. The number of fused-ring (bicyclic) bond motifs is 1. The molecule has 1 fully saturated rings. The Balaban J connectivity index is 1.37. The Morgan fingerprint density at radius 1 is 1.22 bits per heavy atom. The summed E-state index contributed by atoms with van der Waals surface area (Å²) in [6, 6.07) is 8.09. The van der Waals surface area contributed by atoms with Crippen LogP contribution in [0.4, 0.5) is 5.82 Å². The maximum atomic E-state index is 12.4. The summed E-state index contributed by atoms with van der Waals surface area (Å²) in [6.45, 7) is 8.64. The number of hydrogen-bond donors (Lipinski definition) is 0. The standard InChI is InChI=1S/C27H28N8O2/c1-4-19(2)27(36)34-9-7-33(8-10-34)25-6-5-20(13-29-25)24-11-23(37-17-22-15-32(3)18-30-22)16-35-26(24)21(12-28)14-31-35/h4-6,11,13-16,18-19H,1,7-10,17H2,2-3H3. The average Bonchev–Trinajstić information content (AvgIpc) is 3.56. The number of ether oxygens (including phenoxy) is 1. The molecule has 5 rings (SSSR count). The molecule has 1 aliphatic heterocycles. The van der Waals surface area contributed by atoms with E-state index in [9.17, 15) is 10.1 Å². The van der Waals surface area contributed by atoms with E-state index in [4.69, 9.17) is 9.72 Å². The van der Waals surface area contributed by atoms with Gasteiger partial charge in [-0.2, -0.15) is 10.4 Å². The van der Waals surface area contributed by atoms with Crippen LogP contribution in [-0.4, -0.2) is 61.1 Å². The summed E-state index contributed by atoms with van der Waals surface area (Å²) in [7, 11) is 1.91. The van der Waals surface area contributed by atoms with Crippen LogP contribution in [0.2, 0.25) is 0 Å². The lowest BCUT2D eigenvalue weighted by molar-refractivity contribution is -0.133. The Labute approximate surface area is 215 Å². The van der Waals surface area contributed by atoms with E-state index in [1.54, 1.807) is 35.5 Å². The Bertz CT molecular complexity index is 1470. The number of carbonyl (C=O) groups is 1. The van der Waals surface area contributed by atoms with Gasteiger partial charge in [-0.3, -0.25) is 4.79 Å². The summed E-state index contributed by atoms with van der Waals surface area (Å²) in [5, 5.41) is 14.0. The molecule has 1 saturated heterocycles. The molecule has 0 bridgehead atoms. The second kappa shape index (κ2) is 10.1. The van der Waals surface area contributed by atoms with Gasteiger partial charge >= 0.3 is 0 Å². The van der Waals surface area contributed by atoms with E-state index < -0.39 is 0 Å². The van der Waals surface area contributed by atoms with E-state index in [1.807, 2.05) is 47.8 Å². The number of anilines is 1. The molecular weight excluding hydrogens is 468 g/mol. The number of carbonyl (C=O) groups excluding carboxylic acids is 1. The SMILES string of the molecule is C=CC(C)C(=O)N1CCN(c2ccc(-c3cc(OCc4cn(C)cn4)cn4ncc(C#N)c34)cn2)CC1. The van der Waals surface area contributed by atoms with E-state index in [0.29, 0.717) is 49.6 Å². The fourth-order valence-electron chi connectivity index (χ4n) is 4.45. The minimum Gasteiger partial charge on any atom is -0.486 e. The number of imidazole rings is 1. The summed E-state index contributed by atoms with van der Waals surface area (Å²) in [4.78, 5) is 25.5. The molecule has 1 aliphatic rings. The number of nitriles is 1. The Morgan fingerprint density at radius 2 is 2.03 bits per heavy atom. The van der Waals surface area contributed by atoms with Gasteiger partial charge in [0.05, 0.1) is 41.4 Å². The summed E-state index contributed by atoms with van der Waals surface area (Å²) in [6.07, 6.45) is 10.4. The van der Waals surface area contributed by atoms with Crippen molar-refractivity contribution in [1.82, 2.24) is 29.0 Å². The topological polar surface area (TPSA) is 105 Å². The lowest BCUT2D eigenvalue weighted by Gasteiger charge is -2.36.